The molecular formula is C15H17ClN4O2. The number of hydrogen-bond acceptors (Lipinski definition) is 4. The lowest BCUT2D eigenvalue weighted by atomic mass is 10.2. The Hall–Kier alpha value is -2.05. The minimum absolute atomic E-state index is 0.302. The van der Waals surface area contributed by atoms with Crippen LogP contribution in [0.15, 0.2) is 33.9 Å². The Morgan fingerprint density at radius 3 is 2.50 bits per heavy atom. The van der Waals surface area contributed by atoms with Crippen molar-refractivity contribution in [3.05, 3.63) is 55.7 Å². The second-order valence-corrected chi connectivity index (χ2v) is 6.01. The van der Waals surface area contributed by atoms with Crippen LogP contribution >= 0.6 is 11.6 Å². The first-order valence-electron chi connectivity index (χ1n) is 7.09. The van der Waals surface area contributed by atoms with Crippen LogP contribution in [0.1, 0.15) is 19.4 Å². The van der Waals surface area contributed by atoms with Gasteiger partial charge in [-0.3, -0.25) is 14.7 Å². The van der Waals surface area contributed by atoms with E-state index >= 15 is 0 Å². The summed E-state index contributed by atoms with van der Waals surface area (Å²) in [4.78, 5) is 28.9. The number of rotatable bonds is 2. The maximum atomic E-state index is 12.2. The number of aromatic amines is 1. The fourth-order valence-electron chi connectivity index (χ4n) is 2.54. The van der Waals surface area contributed by atoms with Crippen LogP contribution < -0.4 is 16.6 Å². The first kappa shape index (κ1) is 14.9. The molecular weight excluding hydrogens is 304 g/mol. The minimum atomic E-state index is -0.462. The standard InChI is InChI=1S/C15H17ClN4O2/c1-9(2)19-7-12-13(17-8-19)20(15(22)18-14(12)21)11-5-3-10(16)4-6-11/h3-6,9,17H,7-8H2,1-2H3,(H,18,21,22). The van der Waals surface area contributed by atoms with Gasteiger partial charge in [0.05, 0.1) is 17.9 Å². The predicted molar refractivity (Wildman–Crippen MR) is 86.8 cm³/mol. The Labute approximate surface area is 132 Å². The van der Waals surface area contributed by atoms with Crippen molar-refractivity contribution in [1.29, 1.82) is 0 Å². The molecule has 2 aromatic rings. The van der Waals surface area contributed by atoms with Gasteiger partial charge in [-0.1, -0.05) is 11.6 Å². The molecule has 0 saturated heterocycles. The number of hydrogen-bond donors (Lipinski definition) is 2. The summed E-state index contributed by atoms with van der Waals surface area (Å²) in [6.07, 6.45) is 0. The van der Waals surface area contributed by atoms with Gasteiger partial charge in [-0.2, -0.15) is 0 Å². The summed E-state index contributed by atoms with van der Waals surface area (Å²) in [6.45, 7) is 5.22. The van der Waals surface area contributed by atoms with Gasteiger partial charge in [-0.05, 0) is 38.1 Å². The summed E-state index contributed by atoms with van der Waals surface area (Å²) in [5.41, 5.74) is 0.418. The second kappa shape index (κ2) is 5.62. The molecule has 1 aliphatic heterocycles. The van der Waals surface area contributed by atoms with Crippen molar-refractivity contribution >= 4 is 17.4 Å². The second-order valence-electron chi connectivity index (χ2n) is 5.57. The monoisotopic (exact) mass is 320 g/mol. The van der Waals surface area contributed by atoms with Crippen LogP contribution in [0.4, 0.5) is 5.82 Å². The molecule has 6 nitrogen and oxygen atoms in total. The van der Waals surface area contributed by atoms with Gasteiger partial charge in [0.1, 0.15) is 5.82 Å². The number of fused-ring (bicyclic) bond motifs is 1. The summed E-state index contributed by atoms with van der Waals surface area (Å²) < 4.78 is 1.48. The Morgan fingerprint density at radius 2 is 1.86 bits per heavy atom. The van der Waals surface area contributed by atoms with Crippen molar-refractivity contribution in [3.8, 4) is 5.69 Å². The van der Waals surface area contributed by atoms with Crippen molar-refractivity contribution < 1.29 is 0 Å². The largest absolute Gasteiger partial charge is 0.358 e. The highest BCUT2D eigenvalue weighted by molar-refractivity contribution is 6.30. The van der Waals surface area contributed by atoms with Gasteiger partial charge in [0.15, 0.2) is 0 Å². The normalized spacial score (nSPS) is 14.7. The van der Waals surface area contributed by atoms with E-state index in [-0.39, 0.29) is 5.56 Å². The number of aromatic nitrogens is 2. The van der Waals surface area contributed by atoms with Gasteiger partial charge >= 0.3 is 5.69 Å². The van der Waals surface area contributed by atoms with Gasteiger partial charge in [0.25, 0.3) is 5.56 Å². The predicted octanol–water partition coefficient (Wildman–Crippen LogP) is 1.77. The number of nitrogens with zero attached hydrogens (tertiary/aromatic N) is 2. The maximum absolute atomic E-state index is 12.2. The molecule has 1 aromatic carbocycles. The fourth-order valence-corrected chi connectivity index (χ4v) is 2.67. The van der Waals surface area contributed by atoms with Crippen LogP contribution in [-0.2, 0) is 6.54 Å². The number of nitrogens with one attached hydrogen (secondary N) is 2. The molecule has 3 rings (SSSR count). The van der Waals surface area contributed by atoms with E-state index in [4.69, 9.17) is 11.6 Å². The molecule has 0 saturated carbocycles. The van der Waals surface area contributed by atoms with E-state index in [0.29, 0.717) is 41.3 Å². The van der Waals surface area contributed by atoms with Crippen molar-refractivity contribution in [1.82, 2.24) is 14.5 Å². The highest BCUT2D eigenvalue weighted by Crippen LogP contribution is 2.22. The van der Waals surface area contributed by atoms with E-state index in [0.717, 1.165) is 0 Å². The highest BCUT2D eigenvalue weighted by Gasteiger charge is 2.24. The van der Waals surface area contributed by atoms with Crippen molar-refractivity contribution in [2.24, 2.45) is 0 Å². The van der Waals surface area contributed by atoms with Crippen LogP contribution in [-0.4, -0.2) is 27.2 Å². The molecule has 0 atom stereocenters. The molecule has 0 unspecified atom stereocenters. The molecule has 1 aromatic heterocycles. The number of halogens is 1. The van der Waals surface area contributed by atoms with E-state index in [1.54, 1.807) is 24.3 Å². The highest BCUT2D eigenvalue weighted by atomic mass is 35.5. The Balaban J connectivity index is 2.17. The molecule has 0 spiro atoms. The zero-order valence-electron chi connectivity index (χ0n) is 12.4. The quantitative estimate of drug-likeness (QED) is 0.885. The van der Waals surface area contributed by atoms with Crippen molar-refractivity contribution in [2.75, 3.05) is 12.0 Å². The Morgan fingerprint density at radius 1 is 1.18 bits per heavy atom. The summed E-state index contributed by atoms with van der Waals surface area (Å²) in [6, 6.07) is 7.22. The molecule has 116 valence electrons. The van der Waals surface area contributed by atoms with Gasteiger partial charge in [0, 0.05) is 17.6 Å². The van der Waals surface area contributed by atoms with E-state index in [1.807, 2.05) is 0 Å². The van der Waals surface area contributed by atoms with E-state index in [2.05, 4.69) is 29.0 Å². The number of anilines is 1. The van der Waals surface area contributed by atoms with E-state index < -0.39 is 5.69 Å². The molecule has 0 aliphatic carbocycles. The van der Waals surface area contributed by atoms with E-state index in [1.165, 1.54) is 4.57 Å². The molecule has 0 fully saturated rings. The average molecular weight is 321 g/mol. The number of benzene rings is 1. The smallest absolute Gasteiger partial charge is 0.334 e. The van der Waals surface area contributed by atoms with Crippen LogP contribution in [0.3, 0.4) is 0 Å². The lowest BCUT2D eigenvalue weighted by Gasteiger charge is -2.33. The molecule has 0 bridgehead atoms. The fraction of sp³-hybridized carbons (Fsp3) is 0.333. The Kier molecular flexibility index (Phi) is 3.80. The molecule has 2 N–H and O–H groups in total. The van der Waals surface area contributed by atoms with Gasteiger partial charge in [-0.25, -0.2) is 9.36 Å². The molecule has 22 heavy (non-hydrogen) atoms. The van der Waals surface area contributed by atoms with E-state index in [9.17, 15) is 9.59 Å². The third-order valence-electron chi connectivity index (χ3n) is 3.83. The molecule has 2 heterocycles. The molecule has 0 radical (unpaired) electrons. The molecule has 1 aliphatic rings. The van der Waals surface area contributed by atoms with Crippen LogP contribution in [0, 0.1) is 0 Å². The third-order valence-corrected chi connectivity index (χ3v) is 4.08. The maximum Gasteiger partial charge on any atom is 0.334 e. The van der Waals surface area contributed by atoms with Gasteiger partial charge in [0.2, 0.25) is 0 Å². The summed E-state index contributed by atoms with van der Waals surface area (Å²) in [7, 11) is 0. The number of H-pyrrole nitrogens is 1. The SMILES string of the molecule is CC(C)N1CNc2c(c(=O)[nH]c(=O)n2-c2ccc(Cl)cc2)C1. The van der Waals surface area contributed by atoms with Crippen LogP contribution in [0.5, 0.6) is 0 Å². The minimum Gasteiger partial charge on any atom is -0.358 e. The average Bonchev–Trinajstić information content (AvgIpc) is 2.48. The topological polar surface area (TPSA) is 70.1 Å². The van der Waals surface area contributed by atoms with Crippen molar-refractivity contribution in [3.63, 3.8) is 0 Å². The summed E-state index contributed by atoms with van der Waals surface area (Å²) in [5.74, 6) is 0.549. The first-order valence-corrected chi connectivity index (χ1v) is 7.47. The zero-order valence-corrected chi connectivity index (χ0v) is 13.1. The van der Waals surface area contributed by atoms with Crippen molar-refractivity contribution in [2.45, 2.75) is 26.4 Å². The van der Waals surface area contributed by atoms with Crippen LogP contribution in [0.25, 0.3) is 5.69 Å². The first-order chi connectivity index (χ1) is 10.5. The molecule has 7 heteroatoms. The van der Waals surface area contributed by atoms with Gasteiger partial charge in [-0.15, -0.1) is 0 Å². The lowest BCUT2D eigenvalue weighted by Crippen LogP contribution is -2.45. The van der Waals surface area contributed by atoms with Crippen LogP contribution in [0.2, 0.25) is 5.02 Å². The molecule has 0 amide bonds. The van der Waals surface area contributed by atoms with Gasteiger partial charge < -0.3 is 5.32 Å². The third kappa shape index (κ3) is 2.55. The summed E-state index contributed by atoms with van der Waals surface area (Å²) >= 11 is 5.89. The Bertz CT molecular complexity index is 808. The zero-order chi connectivity index (χ0) is 15.9. The summed E-state index contributed by atoms with van der Waals surface area (Å²) in [5, 5.41) is 3.79. The lowest BCUT2D eigenvalue weighted by molar-refractivity contribution is 0.219.